The number of aryl methyl sites for hydroxylation is 1. The second-order valence-corrected chi connectivity index (χ2v) is 8.33. The number of hydrogen-bond donors (Lipinski definition) is 1. The molecule has 0 saturated carbocycles. The maximum atomic E-state index is 14.1. The molecule has 144 valence electrons. The van der Waals surface area contributed by atoms with Gasteiger partial charge in [-0.1, -0.05) is 23.8 Å². The zero-order chi connectivity index (χ0) is 19.1. The van der Waals surface area contributed by atoms with Crippen LogP contribution in [0.1, 0.15) is 42.7 Å². The van der Waals surface area contributed by atoms with Gasteiger partial charge < -0.3 is 9.88 Å². The molecule has 1 aromatic heterocycles. The van der Waals surface area contributed by atoms with E-state index in [4.69, 9.17) is 0 Å². The zero-order valence-corrected chi connectivity index (χ0v) is 16.4. The van der Waals surface area contributed by atoms with Crippen molar-refractivity contribution >= 4 is 16.8 Å². The highest BCUT2D eigenvalue weighted by molar-refractivity contribution is 6.01. The Bertz CT molecular complexity index is 896. The van der Waals surface area contributed by atoms with Gasteiger partial charge >= 0.3 is 0 Å². The summed E-state index contributed by atoms with van der Waals surface area (Å²) in [7, 11) is 0. The Labute approximate surface area is 160 Å². The molecular formula is C22H28FN3O. The molecule has 0 unspecified atom stereocenters. The van der Waals surface area contributed by atoms with Crippen molar-refractivity contribution in [3.63, 3.8) is 0 Å². The summed E-state index contributed by atoms with van der Waals surface area (Å²) in [5.74, 6) is 0.210. The number of allylic oxidation sites excluding steroid dienone is 1. The quantitative estimate of drug-likeness (QED) is 0.827. The molecule has 3 saturated heterocycles. The molecule has 3 fully saturated rings. The number of benzene rings is 1. The fourth-order valence-corrected chi connectivity index (χ4v) is 4.56. The van der Waals surface area contributed by atoms with Crippen LogP contribution in [0.25, 0.3) is 10.9 Å². The largest absolute Gasteiger partial charge is 0.348 e. The van der Waals surface area contributed by atoms with E-state index in [-0.39, 0.29) is 11.7 Å². The Balaban J connectivity index is 1.59. The van der Waals surface area contributed by atoms with Crippen molar-refractivity contribution in [2.75, 3.05) is 26.2 Å². The zero-order valence-electron chi connectivity index (χ0n) is 16.4. The third-order valence-corrected chi connectivity index (χ3v) is 6.10. The second-order valence-electron chi connectivity index (χ2n) is 8.33. The molecule has 1 aromatic carbocycles. The summed E-state index contributed by atoms with van der Waals surface area (Å²) in [5.41, 5.74) is 3.14. The number of halogens is 1. The summed E-state index contributed by atoms with van der Waals surface area (Å²) in [4.78, 5) is 20.9. The third kappa shape index (κ3) is 3.41. The first-order valence-corrected chi connectivity index (χ1v) is 9.87. The molecule has 5 heteroatoms. The molecule has 1 amide bonds. The standard InChI is InChI=1S/C22H28FN3O/c1-14(2)9-10-25-11-16-7-8-17(25)13-26(12-16)22(27)20-15(3)18-5-4-6-19(23)21(18)24-20/h4-6,9,16-17,24H,7-8,10-13H2,1-3H3/t16-,17-/m0/s1. The van der Waals surface area contributed by atoms with Crippen LogP contribution < -0.4 is 0 Å². The summed E-state index contributed by atoms with van der Waals surface area (Å²) < 4.78 is 14.1. The van der Waals surface area contributed by atoms with Crippen molar-refractivity contribution in [2.45, 2.75) is 39.7 Å². The lowest BCUT2D eigenvalue weighted by atomic mass is 9.95. The monoisotopic (exact) mass is 369 g/mol. The molecule has 4 nitrogen and oxygen atoms in total. The smallest absolute Gasteiger partial charge is 0.270 e. The van der Waals surface area contributed by atoms with Crippen LogP contribution in [-0.2, 0) is 0 Å². The topological polar surface area (TPSA) is 39.3 Å². The normalized spacial score (nSPS) is 22.9. The van der Waals surface area contributed by atoms with E-state index in [9.17, 15) is 9.18 Å². The van der Waals surface area contributed by atoms with Gasteiger partial charge in [0.05, 0.1) is 5.52 Å². The van der Waals surface area contributed by atoms with E-state index in [0.29, 0.717) is 23.2 Å². The molecule has 4 heterocycles. The minimum absolute atomic E-state index is 0.00376. The summed E-state index contributed by atoms with van der Waals surface area (Å²) in [6.45, 7) is 9.72. The average Bonchev–Trinajstić information content (AvgIpc) is 2.80. The van der Waals surface area contributed by atoms with Crippen molar-refractivity contribution in [3.05, 3.63) is 46.9 Å². The number of para-hydroxylation sites is 1. The highest BCUT2D eigenvalue weighted by Gasteiger charge is 2.36. The van der Waals surface area contributed by atoms with Gasteiger partial charge in [-0.05, 0) is 51.2 Å². The second kappa shape index (κ2) is 7.12. The van der Waals surface area contributed by atoms with E-state index >= 15 is 0 Å². The van der Waals surface area contributed by atoms with Crippen molar-refractivity contribution < 1.29 is 9.18 Å². The van der Waals surface area contributed by atoms with Crippen LogP contribution in [-0.4, -0.2) is 52.9 Å². The molecule has 2 bridgehead atoms. The van der Waals surface area contributed by atoms with E-state index in [1.54, 1.807) is 6.07 Å². The molecular weight excluding hydrogens is 341 g/mol. The van der Waals surface area contributed by atoms with Gasteiger partial charge in [0.2, 0.25) is 0 Å². The van der Waals surface area contributed by atoms with Crippen molar-refractivity contribution in [3.8, 4) is 0 Å². The number of rotatable bonds is 3. The molecule has 3 aliphatic heterocycles. The first kappa shape index (κ1) is 18.2. The minimum Gasteiger partial charge on any atom is -0.348 e. The molecule has 27 heavy (non-hydrogen) atoms. The Kier molecular flexibility index (Phi) is 4.81. The van der Waals surface area contributed by atoms with E-state index in [2.05, 4.69) is 29.8 Å². The van der Waals surface area contributed by atoms with Crippen LogP contribution in [0.4, 0.5) is 4.39 Å². The average molecular weight is 369 g/mol. The molecule has 0 spiro atoms. The Morgan fingerprint density at radius 1 is 1.26 bits per heavy atom. The Morgan fingerprint density at radius 2 is 2.07 bits per heavy atom. The number of nitrogens with one attached hydrogen (secondary N) is 1. The summed E-state index contributed by atoms with van der Waals surface area (Å²) in [6.07, 6.45) is 4.60. The third-order valence-electron chi connectivity index (χ3n) is 6.10. The van der Waals surface area contributed by atoms with Gasteiger partial charge in [0.1, 0.15) is 11.5 Å². The molecule has 0 radical (unpaired) electrons. The van der Waals surface area contributed by atoms with Gasteiger partial charge in [-0.25, -0.2) is 4.39 Å². The van der Waals surface area contributed by atoms with Crippen LogP contribution in [0.3, 0.4) is 0 Å². The first-order chi connectivity index (χ1) is 12.9. The fraction of sp³-hybridized carbons (Fsp3) is 0.500. The lowest BCUT2D eigenvalue weighted by molar-refractivity contribution is 0.0734. The predicted molar refractivity (Wildman–Crippen MR) is 106 cm³/mol. The number of amides is 1. The van der Waals surface area contributed by atoms with Gasteiger partial charge in [0, 0.05) is 37.6 Å². The number of carbonyl (C=O) groups is 1. The van der Waals surface area contributed by atoms with Gasteiger partial charge in [0.25, 0.3) is 5.91 Å². The maximum absolute atomic E-state index is 14.1. The van der Waals surface area contributed by atoms with Gasteiger partial charge in [0.15, 0.2) is 0 Å². The van der Waals surface area contributed by atoms with E-state index in [1.807, 2.05) is 17.9 Å². The van der Waals surface area contributed by atoms with Crippen LogP contribution in [0.5, 0.6) is 0 Å². The summed E-state index contributed by atoms with van der Waals surface area (Å²) in [5, 5.41) is 0.793. The number of nitrogens with zero attached hydrogens (tertiary/aromatic N) is 2. The van der Waals surface area contributed by atoms with Crippen molar-refractivity contribution in [1.29, 1.82) is 0 Å². The molecule has 5 rings (SSSR count). The van der Waals surface area contributed by atoms with Crippen LogP contribution in [0, 0.1) is 18.7 Å². The molecule has 2 atom stereocenters. The SMILES string of the molecule is CC(C)=CCN1C[C@@H]2CC[C@H]1CN(C(=O)c1[nH]c3c(F)cccc3c1C)C2. The van der Waals surface area contributed by atoms with Crippen LogP contribution >= 0.6 is 0 Å². The first-order valence-electron chi connectivity index (χ1n) is 9.87. The van der Waals surface area contributed by atoms with Crippen molar-refractivity contribution in [1.82, 2.24) is 14.8 Å². The number of hydrogen-bond acceptors (Lipinski definition) is 2. The van der Waals surface area contributed by atoms with Gasteiger partial charge in [-0.15, -0.1) is 0 Å². The number of fused-ring (bicyclic) bond motifs is 5. The summed E-state index contributed by atoms with van der Waals surface area (Å²) >= 11 is 0. The number of piperidine rings is 1. The maximum Gasteiger partial charge on any atom is 0.270 e. The highest BCUT2D eigenvalue weighted by atomic mass is 19.1. The summed E-state index contributed by atoms with van der Waals surface area (Å²) in [6, 6.07) is 5.40. The minimum atomic E-state index is -0.307. The van der Waals surface area contributed by atoms with Gasteiger partial charge in [-0.3, -0.25) is 9.69 Å². The van der Waals surface area contributed by atoms with Gasteiger partial charge in [-0.2, -0.15) is 0 Å². The fourth-order valence-electron chi connectivity index (χ4n) is 4.56. The number of aromatic nitrogens is 1. The molecule has 2 aromatic rings. The highest BCUT2D eigenvalue weighted by Crippen LogP contribution is 2.30. The van der Waals surface area contributed by atoms with Crippen LogP contribution in [0.2, 0.25) is 0 Å². The lowest BCUT2D eigenvalue weighted by Crippen LogP contribution is -2.44. The van der Waals surface area contributed by atoms with E-state index in [1.165, 1.54) is 18.1 Å². The molecule has 3 aliphatic rings. The predicted octanol–water partition coefficient (Wildman–Crippen LogP) is 4.12. The van der Waals surface area contributed by atoms with E-state index < -0.39 is 0 Å². The molecule has 1 N–H and O–H groups in total. The lowest BCUT2D eigenvalue weighted by Gasteiger charge is -2.35. The molecule has 0 aliphatic carbocycles. The van der Waals surface area contributed by atoms with Crippen molar-refractivity contribution in [2.24, 2.45) is 5.92 Å². The van der Waals surface area contributed by atoms with Crippen LogP contribution in [0.15, 0.2) is 29.8 Å². The Morgan fingerprint density at radius 3 is 2.81 bits per heavy atom. The van der Waals surface area contributed by atoms with E-state index in [0.717, 1.165) is 43.5 Å². The number of H-pyrrole nitrogens is 1. The number of carbonyl (C=O) groups excluding carboxylic acids is 1. The Hall–Kier alpha value is -2.14. The number of aromatic amines is 1.